The van der Waals surface area contributed by atoms with Crippen LogP contribution in [0.3, 0.4) is 0 Å². The molecule has 0 aliphatic carbocycles. The van der Waals surface area contributed by atoms with E-state index in [-0.39, 0.29) is 12.6 Å². The second kappa shape index (κ2) is 8.25. The first kappa shape index (κ1) is 18.3. The summed E-state index contributed by atoms with van der Waals surface area (Å²) in [4.78, 5) is 13.1. The number of pyridine rings is 1. The van der Waals surface area contributed by atoms with Crippen molar-refractivity contribution in [1.82, 2.24) is 15.0 Å². The highest BCUT2D eigenvalue weighted by Gasteiger charge is 2.10. The summed E-state index contributed by atoms with van der Waals surface area (Å²) in [6.07, 6.45) is 3.45. The molecule has 1 atom stereocenters. The molecular formula is C19H20BrN5O. The van der Waals surface area contributed by atoms with Gasteiger partial charge in [0.05, 0.1) is 18.0 Å². The van der Waals surface area contributed by atoms with Crippen molar-refractivity contribution in [2.45, 2.75) is 19.9 Å². The van der Waals surface area contributed by atoms with Crippen molar-refractivity contribution in [1.29, 1.82) is 0 Å². The maximum absolute atomic E-state index is 9.30. The summed E-state index contributed by atoms with van der Waals surface area (Å²) >= 11 is 3.58. The Balaban J connectivity index is 1.98. The van der Waals surface area contributed by atoms with Crippen LogP contribution in [-0.2, 0) is 0 Å². The lowest BCUT2D eigenvalue weighted by Gasteiger charge is -2.15. The van der Waals surface area contributed by atoms with Gasteiger partial charge in [-0.05, 0) is 59.6 Å². The molecule has 134 valence electrons. The van der Waals surface area contributed by atoms with Crippen molar-refractivity contribution in [2.75, 3.05) is 17.2 Å². The normalized spacial score (nSPS) is 11.8. The van der Waals surface area contributed by atoms with Crippen molar-refractivity contribution >= 4 is 33.4 Å². The lowest BCUT2D eigenvalue weighted by molar-refractivity contribution is 0.281. The van der Waals surface area contributed by atoms with Gasteiger partial charge in [-0.1, -0.05) is 6.07 Å². The van der Waals surface area contributed by atoms with Crippen LogP contribution in [0.1, 0.15) is 12.5 Å². The molecular weight excluding hydrogens is 394 g/mol. The minimum Gasteiger partial charge on any atom is -0.394 e. The average Bonchev–Trinajstić information content (AvgIpc) is 2.64. The number of aromatic nitrogens is 3. The van der Waals surface area contributed by atoms with E-state index in [9.17, 15) is 5.11 Å². The van der Waals surface area contributed by atoms with Gasteiger partial charge in [-0.15, -0.1) is 0 Å². The molecule has 0 aliphatic heterocycles. The molecule has 0 saturated carbocycles. The van der Waals surface area contributed by atoms with Crippen LogP contribution in [0, 0.1) is 6.92 Å². The Morgan fingerprint density at radius 3 is 2.58 bits per heavy atom. The predicted molar refractivity (Wildman–Crippen MR) is 108 cm³/mol. The third-order valence-corrected chi connectivity index (χ3v) is 4.40. The molecule has 3 rings (SSSR count). The van der Waals surface area contributed by atoms with E-state index in [0.717, 1.165) is 21.4 Å². The van der Waals surface area contributed by atoms with Gasteiger partial charge in [0.25, 0.3) is 0 Å². The van der Waals surface area contributed by atoms with E-state index in [4.69, 9.17) is 0 Å². The topological polar surface area (TPSA) is 83.0 Å². The van der Waals surface area contributed by atoms with Gasteiger partial charge in [-0.2, -0.15) is 4.98 Å². The highest BCUT2D eigenvalue weighted by atomic mass is 79.9. The highest BCUT2D eigenvalue weighted by Crippen LogP contribution is 2.28. The Kier molecular flexibility index (Phi) is 5.80. The van der Waals surface area contributed by atoms with Gasteiger partial charge in [0.1, 0.15) is 5.82 Å². The fraction of sp³-hybridized carbons (Fsp3) is 0.211. The van der Waals surface area contributed by atoms with Gasteiger partial charge < -0.3 is 15.7 Å². The number of aliphatic hydroxyl groups excluding tert-OH is 1. The zero-order valence-electron chi connectivity index (χ0n) is 14.6. The van der Waals surface area contributed by atoms with E-state index in [1.54, 1.807) is 12.4 Å². The molecule has 7 heteroatoms. The fourth-order valence-electron chi connectivity index (χ4n) is 2.37. The quantitative estimate of drug-likeness (QED) is 0.562. The molecule has 0 radical (unpaired) electrons. The van der Waals surface area contributed by atoms with Crippen molar-refractivity contribution in [3.63, 3.8) is 0 Å². The molecule has 2 aromatic heterocycles. The van der Waals surface area contributed by atoms with Crippen LogP contribution in [0.15, 0.2) is 53.3 Å². The number of aliphatic hydroxyl groups is 1. The minimum absolute atomic E-state index is 0.00484. The zero-order valence-corrected chi connectivity index (χ0v) is 16.2. The second-order valence-corrected chi connectivity index (χ2v) is 6.89. The first-order valence-corrected chi connectivity index (χ1v) is 9.04. The van der Waals surface area contributed by atoms with Crippen molar-refractivity contribution in [3.05, 3.63) is 58.8 Å². The first-order chi connectivity index (χ1) is 12.5. The summed E-state index contributed by atoms with van der Waals surface area (Å²) in [7, 11) is 0. The van der Waals surface area contributed by atoms with Crippen molar-refractivity contribution in [2.24, 2.45) is 0 Å². The summed E-state index contributed by atoms with van der Waals surface area (Å²) in [5.74, 6) is 1.11. The van der Waals surface area contributed by atoms with Crippen LogP contribution in [-0.4, -0.2) is 32.7 Å². The SMILES string of the molecule is Cc1ccc(Nc2cc(-c3ccncc3)nc(N[C@@H](C)CO)n2)c(Br)c1. The summed E-state index contributed by atoms with van der Waals surface area (Å²) in [6.45, 7) is 3.90. The molecule has 2 heterocycles. The van der Waals surface area contributed by atoms with Crippen molar-refractivity contribution < 1.29 is 5.11 Å². The molecule has 0 spiro atoms. The lowest BCUT2D eigenvalue weighted by Crippen LogP contribution is -2.21. The van der Waals surface area contributed by atoms with Crippen LogP contribution in [0.4, 0.5) is 17.5 Å². The number of nitrogens with one attached hydrogen (secondary N) is 2. The van der Waals surface area contributed by atoms with Gasteiger partial charge in [0.2, 0.25) is 5.95 Å². The van der Waals surface area contributed by atoms with Crippen LogP contribution in [0.2, 0.25) is 0 Å². The summed E-state index contributed by atoms with van der Waals surface area (Å²) in [5.41, 5.74) is 3.78. The maximum atomic E-state index is 9.30. The molecule has 1 aromatic carbocycles. The largest absolute Gasteiger partial charge is 0.394 e. The van der Waals surface area contributed by atoms with Crippen LogP contribution < -0.4 is 10.6 Å². The molecule has 0 unspecified atom stereocenters. The van der Waals surface area contributed by atoms with E-state index in [1.807, 2.05) is 50.2 Å². The molecule has 0 amide bonds. The molecule has 0 saturated heterocycles. The molecule has 3 N–H and O–H groups in total. The van der Waals surface area contributed by atoms with Gasteiger partial charge in [-0.25, -0.2) is 4.98 Å². The Bertz CT molecular complexity index is 888. The Morgan fingerprint density at radius 1 is 1.12 bits per heavy atom. The third-order valence-electron chi connectivity index (χ3n) is 3.74. The van der Waals surface area contributed by atoms with Crippen molar-refractivity contribution in [3.8, 4) is 11.3 Å². The van der Waals surface area contributed by atoms with Crippen LogP contribution >= 0.6 is 15.9 Å². The monoisotopic (exact) mass is 413 g/mol. The molecule has 26 heavy (non-hydrogen) atoms. The van der Waals surface area contributed by atoms with E-state index < -0.39 is 0 Å². The Morgan fingerprint density at radius 2 is 1.88 bits per heavy atom. The number of aryl methyl sites for hydroxylation is 1. The molecule has 0 bridgehead atoms. The highest BCUT2D eigenvalue weighted by molar-refractivity contribution is 9.10. The fourth-order valence-corrected chi connectivity index (χ4v) is 2.96. The van der Waals surface area contributed by atoms with E-state index in [0.29, 0.717) is 11.8 Å². The maximum Gasteiger partial charge on any atom is 0.225 e. The van der Waals surface area contributed by atoms with Gasteiger partial charge in [-0.3, -0.25) is 4.98 Å². The standard InChI is InChI=1S/C19H20BrN5O/c1-12-3-4-16(15(20)9-12)23-18-10-17(14-5-7-21-8-6-14)24-19(25-18)22-13(2)11-26/h3-10,13,26H,11H2,1-2H3,(H2,22,23,24,25)/t13-/m0/s1. The summed E-state index contributed by atoms with van der Waals surface area (Å²) < 4.78 is 0.958. The molecule has 0 fully saturated rings. The predicted octanol–water partition coefficient (Wildman–Crippen LogP) is 4.15. The average molecular weight is 414 g/mol. The van der Waals surface area contributed by atoms with Gasteiger partial charge in [0.15, 0.2) is 0 Å². The second-order valence-electron chi connectivity index (χ2n) is 6.03. The number of rotatable bonds is 6. The van der Waals surface area contributed by atoms with E-state index in [1.165, 1.54) is 5.56 Å². The number of hydrogen-bond acceptors (Lipinski definition) is 6. The van der Waals surface area contributed by atoms with Gasteiger partial charge >= 0.3 is 0 Å². The number of benzene rings is 1. The summed E-state index contributed by atoms with van der Waals surface area (Å²) in [5, 5.41) is 15.7. The number of hydrogen-bond donors (Lipinski definition) is 3. The number of nitrogens with zero attached hydrogens (tertiary/aromatic N) is 3. The number of anilines is 3. The summed E-state index contributed by atoms with van der Waals surface area (Å²) in [6, 6.07) is 11.6. The van der Waals surface area contributed by atoms with E-state index >= 15 is 0 Å². The van der Waals surface area contributed by atoms with E-state index in [2.05, 4.69) is 41.5 Å². The lowest BCUT2D eigenvalue weighted by atomic mass is 10.2. The molecule has 6 nitrogen and oxygen atoms in total. The smallest absolute Gasteiger partial charge is 0.225 e. The van der Waals surface area contributed by atoms with Crippen LogP contribution in [0.25, 0.3) is 11.3 Å². The first-order valence-electron chi connectivity index (χ1n) is 8.25. The molecule has 3 aromatic rings. The third kappa shape index (κ3) is 4.56. The Hall–Kier alpha value is -2.51. The van der Waals surface area contributed by atoms with Gasteiger partial charge in [0, 0.05) is 34.5 Å². The zero-order chi connectivity index (χ0) is 18.5. The number of halogens is 1. The Labute approximate surface area is 160 Å². The molecule has 0 aliphatic rings. The minimum atomic E-state index is -0.151. The van der Waals surface area contributed by atoms with Crippen LogP contribution in [0.5, 0.6) is 0 Å².